The van der Waals surface area contributed by atoms with E-state index in [1.165, 1.54) is 39.8 Å². The number of fused-ring (bicyclic) bond motifs is 2. The summed E-state index contributed by atoms with van der Waals surface area (Å²) in [6.45, 7) is 5.90. The van der Waals surface area contributed by atoms with Gasteiger partial charge in [0.1, 0.15) is 24.4 Å². The highest BCUT2D eigenvalue weighted by Crippen LogP contribution is 2.64. The molecule has 0 amide bonds. The third-order valence-electron chi connectivity index (χ3n) is 9.74. The number of aliphatic hydroxyl groups is 7. The van der Waals surface area contributed by atoms with Crippen molar-refractivity contribution in [3.63, 3.8) is 0 Å². The van der Waals surface area contributed by atoms with Gasteiger partial charge in [0.05, 0.1) is 41.0 Å². The predicted molar refractivity (Wildman–Crippen MR) is 140 cm³/mol. The lowest BCUT2D eigenvalue weighted by Gasteiger charge is -2.59. The molecule has 3 aliphatic rings. The Morgan fingerprint density at radius 2 is 1.65 bits per heavy atom. The number of rotatable bonds is 5. The number of carbonyl (C=O) groups is 2. The Morgan fingerprint density at radius 3 is 2.20 bits per heavy atom. The molecule has 0 heterocycles. The van der Waals surface area contributed by atoms with Crippen LogP contribution < -0.4 is 0 Å². The second kappa shape index (κ2) is 10.2. The molecule has 2 saturated carbocycles. The third-order valence-corrected chi connectivity index (χ3v) is 9.74. The van der Waals surface area contributed by atoms with Crippen LogP contribution in [-0.2, 0) is 14.3 Å². The van der Waals surface area contributed by atoms with E-state index in [9.17, 15) is 45.3 Å². The first kappa shape index (κ1) is 30.6. The SMILES string of the molecule is CC(=O)O[C@H]1C[C@H](O)[C@]2(C)C([C@H](O)[C@]3(C(C)(C)O)C[C@H](O)C(C)=C3[C@@H](O)[C@@H]2O)[C@]1(O)COC(=O)c1ccccc1. The summed E-state index contributed by atoms with van der Waals surface area (Å²) in [4.78, 5) is 25.0. The average molecular weight is 565 g/mol. The van der Waals surface area contributed by atoms with Gasteiger partial charge in [-0.25, -0.2) is 4.79 Å². The van der Waals surface area contributed by atoms with Crippen molar-refractivity contribution in [2.24, 2.45) is 16.7 Å². The van der Waals surface area contributed by atoms with Crippen molar-refractivity contribution in [2.45, 2.75) is 95.3 Å². The number of benzene rings is 1. The van der Waals surface area contributed by atoms with Crippen molar-refractivity contribution >= 4 is 11.9 Å². The lowest BCUT2D eigenvalue weighted by molar-refractivity contribution is -0.287. The smallest absolute Gasteiger partial charge is 0.338 e. The fourth-order valence-electron chi connectivity index (χ4n) is 7.57. The van der Waals surface area contributed by atoms with Gasteiger partial charge in [0.15, 0.2) is 0 Å². The lowest BCUT2D eigenvalue weighted by atomic mass is 9.51. The van der Waals surface area contributed by atoms with Crippen LogP contribution >= 0.6 is 0 Å². The summed E-state index contributed by atoms with van der Waals surface area (Å²) in [5, 5.41) is 81.7. The van der Waals surface area contributed by atoms with Crippen molar-refractivity contribution < 1.29 is 54.8 Å². The maximum absolute atomic E-state index is 12.9. The van der Waals surface area contributed by atoms with Crippen molar-refractivity contribution in [1.29, 1.82) is 0 Å². The third kappa shape index (κ3) is 4.30. The molecule has 0 spiro atoms. The average Bonchev–Trinajstić information content (AvgIpc) is 3.13. The molecule has 0 radical (unpaired) electrons. The normalized spacial score (nSPS) is 41.5. The number of ether oxygens (including phenoxy) is 2. The van der Waals surface area contributed by atoms with E-state index in [2.05, 4.69) is 0 Å². The minimum absolute atomic E-state index is 0.00277. The first-order chi connectivity index (χ1) is 18.4. The van der Waals surface area contributed by atoms with E-state index in [0.29, 0.717) is 0 Å². The van der Waals surface area contributed by atoms with Gasteiger partial charge in [-0.05, 0) is 50.5 Å². The number of hydrogen-bond acceptors (Lipinski definition) is 11. The molecule has 7 N–H and O–H groups in total. The minimum atomic E-state index is -2.42. The van der Waals surface area contributed by atoms with Crippen LogP contribution in [0.1, 0.15) is 57.8 Å². The fourth-order valence-corrected chi connectivity index (χ4v) is 7.57. The summed E-state index contributed by atoms with van der Waals surface area (Å²) in [5.74, 6) is -3.29. The molecule has 11 nitrogen and oxygen atoms in total. The molecule has 1 unspecified atom stereocenters. The minimum Gasteiger partial charge on any atom is -0.459 e. The Balaban J connectivity index is 1.94. The molecule has 0 aromatic heterocycles. The van der Waals surface area contributed by atoms with Crippen LogP contribution in [0.15, 0.2) is 41.5 Å². The van der Waals surface area contributed by atoms with Gasteiger partial charge in [0.2, 0.25) is 0 Å². The van der Waals surface area contributed by atoms with Crippen LogP contribution in [0.5, 0.6) is 0 Å². The van der Waals surface area contributed by atoms with Gasteiger partial charge < -0.3 is 45.2 Å². The summed E-state index contributed by atoms with van der Waals surface area (Å²) in [6, 6.07) is 7.91. The molecule has 10 atom stereocenters. The van der Waals surface area contributed by atoms with E-state index in [1.54, 1.807) is 18.2 Å². The Kier molecular flexibility index (Phi) is 7.77. The van der Waals surface area contributed by atoms with Gasteiger partial charge >= 0.3 is 11.9 Å². The second-order valence-corrected chi connectivity index (χ2v) is 12.3. The fraction of sp³-hybridized carbons (Fsp3) is 0.655. The molecule has 40 heavy (non-hydrogen) atoms. The molecule has 222 valence electrons. The van der Waals surface area contributed by atoms with Gasteiger partial charge in [0, 0.05) is 24.7 Å². The molecular weight excluding hydrogens is 524 g/mol. The molecule has 0 saturated heterocycles. The van der Waals surface area contributed by atoms with Gasteiger partial charge in [-0.1, -0.05) is 25.1 Å². The van der Waals surface area contributed by atoms with E-state index < -0.39 is 89.5 Å². The Labute approximate surface area is 232 Å². The number of hydrogen-bond donors (Lipinski definition) is 7. The van der Waals surface area contributed by atoms with E-state index in [0.717, 1.165) is 6.92 Å². The van der Waals surface area contributed by atoms with Gasteiger partial charge in [0.25, 0.3) is 0 Å². The molecule has 4 rings (SSSR count). The monoisotopic (exact) mass is 564 g/mol. The van der Waals surface area contributed by atoms with E-state index in [1.807, 2.05) is 0 Å². The Morgan fingerprint density at radius 1 is 1.05 bits per heavy atom. The largest absolute Gasteiger partial charge is 0.459 e. The maximum Gasteiger partial charge on any atom is 0.338 e. The highest BCUT2D eigenvalue weighted by atomic mass is 16.6. The summed E-state index contributed by atoms with van der Waals surface area (Å²) in [5.41, 5.74) is -7.55. The number of carbonyl (C=O) groups excluding carboxylic acids is 2. The predicted octanol–water partition coefficient (Wildman–Crippen LogP) is -0.172. The van der Waals surface area contributed by atoms with Crippen molar-refractivity contribution in [3.8, 4) is 0 Å². The first-order valence-electron chi connectivity index (χ1n) is 13.4. The molecule has 2 fully saturated rings. The van der Waals surface area contributed by atoms with Crippen molar-refractivity contribution in [2.75, 3.05) is 6.61 Å². The summed E-state index contributed by atoms with van der Waals surface area (Å²) in [7, 11) is 0. The Hall–Kier alpha value is -2.38. The molecular formula is C29H40O11. The molecule has 11 heteroatoms. The molecule has 3 aliphatic carbocycles. The van der Waals surface area contributed by atoms with E-state index >= 15 is 0 Å². The zero-order valence-electron chi connectivity index (χ0n) is 23.3. The van der Waals surface area contributed by atoms with E-state index in [-0.39, 0.29) is 23.1 Å². The molecule has 0 bridgehead atoms. The maximum atomic E-state index is 12.9. The van der Waals surface area contributed by atoms with Crippen LogP contribution in [0.25, 0.3) is 0 Å². The zero-order valence-corrected chi connectivity index (χ0v) is 23.3. The quantitative estimate of drug-likeness (QED) is 0.185. The molecule has 1 aromatic carbocycles. The first-order valence-corrected chi connectivity index (χ1v) is 13.4. The summed E-state index contributed by atoms with van der Waals surface area (Å²) >= 11 is 0. The van der Waals surface area contributed by atoms with Crippen LogP contribution in [0, 0.1) is 16.7 Å². The van der Waals surface area contributed by atoms with Crippen molar-refractivity contribution in [1.82, 2.24) is 0 Å². The summed E-state index contributed by atoms with van der Waals surface area (Å²) < 4.78 is 10.9. The van der Waals surface area contributed by atoms with Gasteiger partial charge in [-0.3, -0.25) is 4.79 Å². The second-order valence-electron chi connectivity index (χ2n) is 12.3. The molecule has 1 aromatic rings. The van der Waals surface area contributed by atoms with Gasteiger partial charge in [-0.2, -0.15) is 0 Å². The number of aliphatic hydroxyl groups excluding tert-OH is 5. The molecule has 0 aliphatic heterocycles. The van der Waals surface area contributed by atoms with Crippen LogP contribution in [0.2, 0.25) is 0 Å². The number of esters is 2. The van der Waals surface area contributed by atoms with Gasteiger partial charge in [-0.15, -0.1) is 0 Å². The van der Waals surface area contributed by atoms with Crippen LogP contribution in [0.3, 0.4) is 0 Å². The topological polar surface area (TPSA) is 194 Å². The Bertz CT molecular complexity index is 1180. The highest BCUT2D eigenvalue weighted by molar-refractivity contribution is 5.89. The van der Waals surface area contributed by atoms with E-state index in [4.69, 9.17) is 9.47 Å². The van der Waals surface area contributed by atoms with Crippen molar-refractivity contribution in [3.05, 3.63) is 47.0 Å². The summed E-state index contributed by atoms with van der Waals surface area (Å²) in [6.07, 6.45) is -10.4. The van der Waals surface area contributed by atoms with Crippen LogP contribution in [0.4, 0.5) is 0 Å². The standard InChI is InChI=1S/C29H40O11/c1-14-17(31)12-28(26(3,4)37)20(14)21(33)23(34)27(5)18(32)11-19(40-15(2)30)29(38,22(27)24(28)35)13-39-25(36)16-9-7-6-8-10-16/h6-10,17-19,21-24,31-35,37-38H,11-13H2,1-5H3/t17-,18-,19-,21+,22?,23-,24-,27+,28-,29-/m0/s1. The van der Waals surface area contributed by atoms with Crippen LogP contribution in [-0.4, -0.2) is 102 Å². The lowest BCUT2D eigenvalue weighted by Crippen LogP contribution is -2.73. The zero-order chi connectivity index (χ0) is 30.0. The highest BCUT2D eigenvalue weighted by Gasteiger charge is 2.74.